The average molecular weight is 165 g/mol. The molecule has 0 aliphatic carbocycles. The summed E-state index contributed by atoms with van der Waals surface area (Å²) in [7, 11) is 2.05. The van der Waals surface area contributed by atoms with Crippen molar-refractivity contribution in [3.63, 3.8) is 0 Å². The highest BCUT2D eigenvalue weighted by atomic mass is 19.1. The fourth-order valence-electron chi connectivity index (χ4n) is 1.71. The summed E-state index contributed by atoms with van der Waals surface area (Å²) in [6.07, 6.45) is 0. The summed E-state index contributed by atoms with van der Waals surface area (Å²) in [4.78, 5) is 2.18. The molecule has 0 atom stereocenters. The molecule has 0 amide bonds. The molecular formula is C10H12FN. The second kappa shape index (κ2) is 2.56. The fraction of sp³-hybridized carbons (Fsp3) is 0.400. The number of hydrogen-bond donors (Lipinski definition) is 0. The van der Waals surface area contributed by atoms with E-state index in [-0.39, 0.29) is 5.82 Å². The second-order valence-electron chi connectivity index (χ2n) is 3.54. The highest BCUT2D eigenvalue weighted by Crippen LogP contribution is 2.23. The molecule has 1 aromatic carbocycles. The Kier molecular flexibility index (Phi) is 1.65. The van der Waals surface area contributed by atoms with Gasteiger partial charge in [0, 0.05) is 13.1 Å². The molecule has 0 saturated carbocycles. The third kappa shape index (κ3) is 1.12. The predicted molar refractivity (Wildman–Crippen MR) is 46.3 cm³/mol. The summed E-state index contributed by atoms with van der Waals surface area (Å²) in [5, 5.41) is 0. The lowest BCUT2D eigenvalue weighted by molar-refractivity contribution is 0.353. The molecule has 0 unspecified atom stereocenters. The maximum atomic E-state index is 13.1. The average Bonchev–Trinajstić information content (AvgIpc) is 2.30. The van der Waals surface area contributed by atoms with Crippen molar-refractivity contribution in [1.82, 2.24) is 4.90 Å². The molecule has 1 aromatic rings. The molecule has 64 valence electrons. The van der Waals surface area contributed by atoms with Crippen molar-refractivity contribution >= 4 is 0 Å². The van der Waals surface area contributed by atoms with Gasteiger partial charge in [-0.1, -0.05) is 6.07 Å². The topological polar surface area (TPSA) is 3.24 Å². The Bertz CT molecular complexity index is 289. The van der Waals surface area contributed by atoms with Crippen LogP contribution >= 0.6 is 0 Å². The quantitative estimate of drug-likeness (QED) is 0.569. The largest absolute Gasteiger partial charge is 0.298 e. The number of nitrogens with zero attached hydrogens (tertiary/aromatic N) is 1. The molecule has 0 spiro atoms. The van der Waals surface area contributed by atoms with Crippen LogP contribution in [0.2, 0.25) is 0 Å². The van der Waals surface area contributed by atoms with Gasteiger partial charge in [-0.2, -0.15) is 0 Å². The minimum Gasteiger partial charge on any atom is -0.298 e. The van der Waals surface area contributed by atoms with E-state index >= 15 is 0 Å². The van der Waals surface area contributed by atoms with E-state index in [1.807, 2.05) is 20.0 Å². The first-order chi connectivity index (χ1) is 5.66. The first kappa shape index (κ1) is 7.74. The zero-order valence-corrected chi connectivity index (χ0v) is 7.39. The number of aryl methyl sites for hydroxylation is 1. The molecule has 0 bridgehead atoms. The van der Waals surface area contributed by atoms with Crippen LogP contribution in [0.25, 0.3) is 0 Å². The van der Waals surface area contributed by atoms with E-state index in [0.29, 0.717) is 0 Å². The Hall–Kier alpha value is -0.890. The molecule has 1 aliphatic heterocycles. The minimum atomic E-state index is -0.0796. The van der Waals surface area contributed by atoms with Gasteiger partial charge < -0.3 is 0 Å². The van der Waals surface area contributed by atoms with E-state index in [9.17, 15) is 4.39 Å². The molecule has 1 nitrogen and oxygen atoms in total. The van der Waals surface area contributed by atoms with E-state index in [1.165, 1.54) is 5.56 Å². The van der Waals surface area contributed by atoms with Crippen LogP contribution in [0.1, 0.15) is 16.7 Å². The number of rotatable bonds is 0. The third-order valence-corrected chi connectivity index (χ3v) is 2.36. The molecule has 2 heteroatoms. The zero-order valence-electron chi connectivity index (χ0n) is 7.39. The highest BCUT2D eigenvalue weighted by molar-refractivity contribution is 5.35. The van der Waals surface area contributed by atoms with E-state index in [4.69, 9.17) is 0 Å². The Morgan fingerprint density at radius 3 is 2.50 bits per heavy atom. The van der Waals surface area contributed by atoms with Crippen LogP contribution in [0.15, 0.2) is 12.1 Å². The normalized spacial score (nSPS) is 16.6. The van der Waals surface area contributed by atoms with Crippen molar-refractivity contribution in [2.45, 2.75) is 20.0 Å². The van der Waals surface area contributed by atoms with Crippen molar-refractivity contribution in [2.24, 2.45) is 0 Å². The number of halogens is 1. The molecular weight excluding hydrogens is 153 g/mol. The van der Waals surface area contributed by atoms with Crippen molar-refractivity contribution in [1.29, 1.82) is 0 Å². The molecule has 2 rings (SSSR count). The lowest BCUT2D eigenvalue weighted by Gasteiger charge is -2.02. The van der Waals surface area contributed by atoms with E-state index in [1.54, 1.807) is 6.07 Å². The number of hydrogen-bond acceptors (Lipinski definition) is 1. The summed E-state index contributed by atoms with van der Waals surface area (Å²) in [6.45, 7) is 3.65. The molecule has 0 aromatic heterocycles. The van der Waals surface area contributed by atoms with Crippen molar-refractivity contribution in [2.75, 3.05) is 7.05 Å². The third-order valence-electron chi connectivity index (χ3n) is 2.36. The number of benzene rings is 1. The van der Waals surface area contributed by atoms with Gasteiger partial charge in [0.1, 0.15) is 5.82 Å². The smallest absolute Gasteiger partial charge is 0.126 e. The van der Waals surface area contributed by atoms with Crippen LogP contribution in [0, 0.1) is 12.7 Å². The summed E-state index contributed by atoms with van der Waals surface area (Å²) in [6, 6.07) is 3.61. The second-order valence-corrected chi connectivity index (χ2v) is 3.54. The summed E-state index contributed by atoms with van der Waals surface area (Å²) >= 11 is 0. The van der Waals surface area contributed by atoms with Gasteiger partial charge in [-0.3, -0.25) is 4.90 Å². The van der Waals surface area contributed by atoms with Crippen LogP contribution in [-0.4, -0.2) is 11.9 Å². The Balaban J connectivity index is 2.48. The Morgan fingerprint density at radius 1 is 1.25 bits per heavy atom. The molecule has 0 fully saturated rings. The predicted octanol–water partition coefficient (Wildman–Crippen LogP) is 2.08. The van der Waals surface area contributed by atoms with Gasteiger partial charge in [0.05, 0.1) is 0 Å². The monoisotopic (exact) mass is 165 g/mol. The first-order valence-electron chi connectivity index (χ1n) is 4.13. The molecule has 12 heavy (non-hydrogen) atoms. The fourth-order valence-corrected chi connectivity index (χ4v) is 1.71. The van der Waals surface area contributed by atoms with Crippen molar-refractivity contribution < 1.29 is 4.39 Å². The van der Waals surface area contributed by atoms with Gasteiger partial charge >= 0.3 is 0 Å². The van der Waals surface area contributed by atoms with E-state index in [0.717, 1.165) is 24.2 Å². The lowest BCUT2D eigenvalue weighted by atomic mass is 10.1. The van der Waals surface area contributed by atoms with Crippen LogP contribution in [0.4, 0.5) is 4.39 Å². The number of fused-ring (bicyclic) bond motifs is 1. The lowest BCUT2D eigenvalue weighted by Crippen LogP contribution is -2.07. The SMILES string of the molecule is Cc1cc2c(cc1F)CN(C)C2. The zero-order chi connectivity index (χ0) is 8.72. The van der Waals surface area contributed by atoms with Crippen LogP contribution < -0.4 is 0 Å². The van der Waals surface area contributed by atoms with Gasteiger partial charge in [-0.05, 0) is 36.7 Å². The summed E-state index contributed by atoms with van der Waals surface area (Å²) in [5.74, 6) is -0.0796. The van der Waals surface area contributed by atoms with Gasteiger partial charge in [0.2, 0.25) is 0 Å². The van der Waals surface area contributed by atoms with Gasteiger partial charge in [-0.15, -0.1) is 0 Å². The first-order valence-corrected chi connectivity index (χ1v) is 4.13. The maximum Gasteiger partial charge on any atom is 0.126 e. The van der Waals surface area contributed by atoms with Gasteiger partial charge in [0.25, 0.3) is 0 Å². The molecule has 0 saturated heterocycles. The van der Waals surface area contributed by atoms with Crippen LogP contribution in [-0.2, 0) is 13.1 Å². The maximum absolute atomic E-state index is 13.1. The molecule has 1 aliphatic rings. The van der Waals surface area contributed by atoms with Gasteiger partial charge in [0.15, 0.2) is 0 Å². The Morgan fingerprint density at radius 2 is 1.83 bits per heavy atom. The summed E-state index contributed by atoms with van der Waals surface area (Å²) < 4.78 is 13.1. The highest BCUT2D eigenvalue weighted by Gasteiger charge is 2.16. The molecule has 1 heterocycles. The van der Waals surface area contributed by atoms with Crippen LogP contribution in [0.5, 0.6) is 0 Å². The van der Waals surface area contributed by atoms with Crippen molar-refractivity contribution in [3.8, 4) is 0 Å². The van der Waals surface area contributed by atoms with Crippen molar-refractivity contribution in [3.05, 3.63) is 34.6 Å². The van der Waals surface area contributed by atoms with E-state index in [2.05, 4.69) is 4.90 Å². The molecule has 0 N–H and O–H groups in total. The molecule has 0 radical (unpaired) electrons. The van der Waals surface area contributed by atoms with Crippen LogP contribution in [0.3, 0.4) is 0 Å². The van der Waals surface area contributed by atoms with E-state index < -0.39 is 0 Å². The Labute approximate surface area is 71.8 Å². The minimum absolute atomic E-state index is 0.0796. The standard InChI is InChI=1S/C10H12FN/c1-7-3-8-5-12(2)6-9(8)4-10(7)11/h3-4H,5-6H2,1-2H3. The summed E-state index contributed by atoms with van der Waals surface area (Å²) in [5.41, 5.74) is 3.17. The van der Waals surface area contributed by atoms with Gasteiger partial charge in [-0.25, -0.2) is 4.39 Å².